The van der Waals surface area contributed by atoms with Crippen LogP contribution in [0.3, 0.4) is 0 Å². The molecule has 0 amide bonds. The van der Waals surface area contributed by atoms with E-state index in [0.717, 1.165) is 10.4 Å². The van der Waals surface area contributed by atoms with E-state index in [0.29, 0.717) is 6.42 Å². The van der Waals surface area contributed by atoms with Crippen molar-refractivity contribution in [2.75, 3.05) is 0 Å². The third kappa shape index (κ3) is 2.70. The summed E-state index contributed by atoms with van der Waals surface area (Å²) in [6.07, 6.45) is 0.674. The van der Waals surface area contributed by atoms with Gasteiger partial charge in [0.2, 0.25) is 0 Å². The largest absolute Gasteiger partial charge is 0.269 e. The smallest absolute Gasteiger partial charge is 0.258 e. The van der Waals surface area contributed by atoms with Crippen LogP contribution in [0.25, 0.3) is 9.40 Å². The predicted molar refractivity (Wildman–Crippen MR) is 85.1 cm³/mol. The molecule has 0 aliphatic carbocycles. The molecule has 0 aliphatic heterocycles. The fourth-order valence-electron chi connectivity index (χ4n) is 2.00. The quantitative estimate of drug-likeness (QED) is 0.367. The summed E-state index contributed by atoms with van der Waals surface area (Å²) in [5, 5.41) is 12.6. The lowest BCUT2D eigenvalue weighted by molar-refractivity contribution is -0.384. The Morgan fingerprint density at radius 3 is 2.60 bits per heavy atom. The number of hydrogen-bond acceptors (Lipinski definition) is 4. The average molecular weight is 324 g/mol. The van der Waals surface area contributed by atoms with Crippen LogP contribution < -0.4 is 0 Å². The van der Waals surface area contributed by atoms with E-state index in [4.69, 9.17) is 11.6 Å². The first-order valence-corrected chi connectivity index (χ1v) is 8.11. The van der Waals surface area contributed by atoms with E-state index in [9.17, 15) is 10.1 Å². The molecule has 0 spiro atoms. The van der Waals surface area contributed by atoms with Gasteiger partial charge in [0.05, 0.1) is 10.3 Å². The molecule has 1 atom stereocenters. The third-order valence-electron chi connectivity index (χ3n) is 3.03. The van der Waals surface area contributed by atoms with Gasteiger partial charge in [0, 0.05) is 26.4 Å². The van der Waals surface area contributed by atoms with E-state index in [2.05, 4.69) is 17.5 Å². The van der Waals surface area contributed by atoms with Crippen molar-refractivity contribution >= 4 is 49.4 Å². The lowest BCUT2D eigenvalue weighted by Gasteiger charge is -2.06. The second-order valence-electron chi connectivity index (χ2n) is 4.39. The standard InChI is InChI=1S/C14H10ClNO2S2/c15-11(13-8-14-12(20-13)5-6-19-14)7-9-1-3-10(4-2-9)16(17)18/h1-6,8,11H,7H2. The zero-order valence-corrected chi connectivity index (χ0v) is 12.7. The minimum atomic E-state index is -0.394. The van der Waals surface area contributed by atoms with Gasteiger partial charge in [0.25, 0.3) is 5.69 Å². The number of benzene rings is 1. The highest BCUT2D eigenvalue weighted by Gasteiger charge is 2.14. The van der Waals surface area contributed by atoms with Crippen molar-refractivity contribution in [1.82, 2.24) is 0 Å². The zero-order chi connectivity index (χ0) is 14.1. The Morgan fingerprint density at radius 1 is 1.20 bits per heavy atom. The van der Waals surface area contributed by atoms with Crippen molar-refractivity contribution in [3.05, 3.63) is 62.3 Å². The predicted octanol–water partition coefficient (Wildman–Crippen LogP) is 5.39. The first-order chi connectivity index (χ1) is 9.63. The topological polar surface area (TPSA) is 43.1 Å². The van der Waals surface area contributed by atoms with Gasteiger partial charge >= 0.3 is 0 Å². The highest BCUT2D eigenvalue weighted by molar-refractivity contribution is 7.27. The Kier molecular flexibility index (Phi) is 3.74. The van der Waals surface area contributed by atoms with Crippen molar-refractivity contribution in [2.45, 2.75) is 11.8 Å². The zero-order valence-electron chi connectivity index (χ0n) is 10.3. The molecule has 0 aliphatic rings. The SMILES string of the molecule is O=[N+]([O-])c1ccc(CC(Cl)c2cc3sccc3s2)cc1. The average Bonchev–Trinajstić information content (AvgIpc) is 2.99. The van der Waals surface area contributed by atoms with Gasteiger partial charge in [-0.3, -0.25) is 10.1 Å². The summed E-state index contributed by atoms with van der Waals surface area (Å²) in [6.45, 7) is 0. The van der Waals surface area contributed by atoms with Crippen molar-refractivity contribution in [3.8, 4) is 0 Å². The molecule has 0 radical (unpaired) electrons. The molecule has 1 unspecified atom stereocenters. The lowest BCUT2D eigenvalue weighted by Crippen LogP contribution is -1.94. The van der Waals surface area contributed by atoms with Crippen LogP contribution in [0, 0.1) is 10.1 Å². The Hall–Kier alpha value is -1.43. The molecule has 102 valence electrons. The molecule has 6 heteroatoms. The lowest BCUT2D eigenvalue weighted by atomic mass is 10.1. The van der Waals surface area contributed by atoms with Crippen LogP contribution in [-0.4, -0.2) is 4.92 Å². The van der Waals surface area contributed by atoms with Gasteiger partial charge in [0.15, 0.2) is 0 Å². The van der Waals surface area contributed by atoms with E-state index in [-0.39, 0.29) is 11.1 Å². The van der Waals surface area contributed by atoms with E-state index in [1.165, 1.54) is 21.5 Å². The maximum atomic E-state index is 10.6. The second kappa shape index (κ2) is 5.52. The van der Waals surface area contributed by atoms with E-state index < -0.39 is 4.92 Å². The number of alkyl halides is 1. The van der Waals surface area contributed by atoms with E-state index >= 15 is 0 Å². The van der Waals surface area contributed by atoms with Gasteiger partial charge in [-0.1, -0.05) is 12.1 Å². The molecule has 0 N–H and O–H groups in total. The Labute approximate surface area is 128 Å². The number of thiophene rings is 2. The summed E-state index contributed by atoms with van der Waals surface area (Å²) < 4.78 is 2.53. The van der Waals surface area contributed by atoms with Crippen LogP contribution in [0.4, 0.5) is 5.69 Å². The Bertz CT molecular complexity index is 719. The maximum absolute atomic E-state index is 10.6. The molecule has 2 heterocycles. The van der Waals surface area contributed by atoms with Gasteiger partial charge in [-0.25, -0.2) is 0 Å². The number of rotatable bonds is 4. The summed E-state index contributed by atoms with van der Waals surface area (Å²) in [6, 6.07) is 10.8. The summed E-state index contributed by atoms with van der Waals surface area (Å²) in [5.41, 5.74) is 1.11. The number of non-ortho nitro benzene ring substituents is 1. The van der Waals surface area contributed by atoms with Crippen LogP contribution in [0.5, 0.6) is 0 Å². The number of nitro groups is 1. The summed E-state index contributed by atoms with van der Waals surface area (Å²) in [4.78, 5) is 11.4. The number of halogens is 1. The summed E-state index contributed by atoms with van der Waals surface area (Å²) in [7, 11) is 0. The van der Waals surface area contributed by atoms with Gasteiger partial charge in [-0.15, -0.1) is 34.3 Å². The van der Waals surface area contributed by atoms with Crippen LogP contribution in [0.1, 0.15) is 15.8 Å². The Balaban J connectivity index is 1.76. The second-order valence-corrected chi connectivity index (χ2v) is 6.98. The monoisotopic (exact) mass is 323 g/mol. The number of nitrogens with zero attached hydrogens (tertiary/aromatic N) is 1. The molecule has 1 aromatic carbocycles. The van der Waals surface area contributed by atoms with Crippen molar-refractivity contribution < 1.29 is 4.92 Å². The highest BCUT2D eigenvalue weighted by atomic mass is 35.5. The molecule has 20 heavy (non-hydrogen) atoms. The van der Waals surface area contributed by atoms with E-state index in [1.54, 1.807) is 34.8 Å². The minimum Gasteiger partial charge on any atom is -0.258 e. The molecule has 3 nitrogen and oxygen atoms in total. The van der Waals surface area contributed by atoms with Crippen molar-refractivity contribution in [1.29, 1.82) is 0 Å². The molecular formula is C14H10ClNO2S2. The first kappa shape index (κ1) is 13.5. The van der Waals surface area contributed by atoms with Crippen LogP contribution in [0.2, 0.25) is 0 Å². The number of fused-ring (bicyclic) bond motifs is 1. The van der Waals surface area contributed by atoms with Crippen LogP contribution in [0.15, 0.2) is 41.8 Å². The normalized spacial score (nSPS) is 12.7. The highest BCUT2D eigenvalue weighted by Crippen LogP contribution is 2.37. The molecule has 0 saturated carbocycles. The Morgan fingerprint density at radius 2 is 1.95 bits per heavy atom. The van der Waals surface area contributed by atoms with Gasteiger partial charge in [-0.05, 0) is 29.5 Å². The first-order valence-electron chi connectivity index (χ1n) is 5.98. The molecule has 0 saturated heterocycles. The fourth-order valence-corrected chi connectivity index (χ4v) is 4.47. The van der Waals surface area contributed by atoms with E-state index in [1.807, 2.05) is 0 Å². The van der Waals surface area contributed by atoms with Gasteiger partial charge in [-0.2, -0.15) is 0 Å². The molecule has 3 aromatic rings. The summed E-state index contributed by atoms with van der Waals surface area (Å²) in [5.74, 6) is 0. The molecule has 0 fully saturated rings. The minimum absolute atomic E-state index is 0.0962. The molecular weight excluding hydrogens is 314 g/mol. The third-order valence-corrected chi connectivity index (χ3v) is 5.76. The maximum Gasteiger partial charge on any atom is 0.269 e. The van der Waals surface area contributed by atoms with Crippen LogP contribution in [-0.2, 0) is 6.42 Å². The summed E-state index contributed by atoms with van der Waals surface area (Å²) >= 11 is 9.88. The fraction of sp³-hybridized carbons (Fsp3) is 0.143. The molecule has 3 rings (SSSR count). The molecule has 0 bridgehead atoms. The van der Waals surface area contributed by atoms with Gasteiger partial charge < -0.3 is 0 Å². The van der Waals surface area contributed by atoms with Crippen LogP contribution >= 0.6 is 34.3 Å². The molecule has 2 aromatic heterocycles. The van der Waals surface area contributed by atoms with Gasteiger partial charge in [0.1, 0.15) is 0 Å². The van der Waals surface area contributed by atoms with Crippen molar-refractivity contribution in [2.24, 2.45) is 0 Å². The number of hydrogen-bond donors (Lipinski definition) is 0. The number of nitro benzene ring substituents is 1. The van der Waals surface area contributed by atoms with Crippen molar-refractivity contribution in [3.63, 3.8) is 0 Å².